The van der Waals surface area contributed by atoms with Gasteiger partial charge in [0.15, 0.2) is 5.96 Å². The molecule has 24 heavy (non-hydrogen) atoms. The molecule has 2 N–H and O–H groups in total. The molecule has 1 saturated heterocycles. The first-order valence-corrected chi connectivity index (χ1v) is 8.88. The topological polar surface area (TPSA) is 54.9 Å². The van der Waals surface area contributed by atoms with Gasteiger partial charge in [0.25, 0.3) is 0 Å². The van der Waals surface area contributed by atoms with Crippen LogP contribution in [0.3, 0.4) is 0 Å². The van der Waals surface area contributed by atoms with Gasteiger partial charge in [0, 0.05) is 31.8 Å². The van der Waals surface area contributed by atoms with Gasteiger partial charge >= 0.3 is 0 Å². The summed E-state index contributed by atoms with van der Waals surface area (Å²) in [5, 5.41) is 7.32. The van der Waals surface area contributed by atoms with E-state index in [-0.39, 0.29) is 11.7 Å². The van der Waals surface area contributed by atoms with Crippen LogP contribution in [-0.4, -0.2) is 44.9 Å². The molecule has 0 aliphatic carbocycles. The highest BCUT2D eigenvalue weighted by molar-refractivity contribution is 6.30. The molecule has 134 valence electrons. The fourth-order valence-corrected chi connectivity index (χ4v) is 2.98. The van der Waals surface area contributed by atoms with Gasteiger partial charge in [-0.2, -0.15) is 0 Å². The van der Waals surface area contributed by atoms with Crippen LogP contribution >= 0.6 is 11.6 Å². The average Bonchev–Trinajstić information content (AvgIpc) is 3.00. The van der Waals surface area contributed by atoms with E-state index in [2.05, 4.69) is 29.5 Å². The molecule has 1 aromatic carbocycles. The average molecular weight is 354 g/mol. The number of hydrogen-bond donors (Lipinski definition) is 2. The van der Waals surface area contributed by atoms with E-state index in [1.807, 2.05) is 24.3 Å². The number of aliphatic imine (C=N–C) groups is 1. The summed E-state index contributed by atoms with van der Waals surface area (Å²) in [6, 6.07) is 7.73. The third-order valence-electron chi connectivity index (χ3n) is 4.18. The van der Waals surface area contributed by atoms with Gasteiger partial charge in [-0.05, 0) is 44.4 Å². The molecule has 1 aliphatic heterocycles. The largest absolute Gasteiger partial charge is 0.375 e. The zero-order valence-electron chi connectivity index (χ0n) is 14.8. The Morgan fingerprint density at radius 1 is 1.46 bits per heavy atom. The number of guanidine groups is 1. The number of halogens is 1. The highest BCUT2D eigenvalue weighted by Crippen LogP contribution is 2.25. The molecule has 2 rings (SSSR count). The summed E-state index contributed by atoms with van der Waals surface area (Å²) < 4.78 is 11.4. The molecule has 2 atom stereocenters. The van der Waals surface area contributed by atoms with E-state index in [1.165, 1.54) is 0 Å². The fraction of sp³-hybridized carbons (Fsp3) is 0.611. The predicted octanol–water partition coefficient (Wildman–Crippen LogP) is 3.15. The first-order valence-electron chi connectivity index (χ1n) is 8.51. The molecule has 0 saturated carbocycles. The zero-order chi connectivity index (χ0) is 17.4. The maximum Gasteiger partial charge on any atom is 0.191 e. The molecule has 6 heteroatoms. The minimum atomic E-state index is -0.143. The van der Waals surface area contributed by atoms with E-state index in [1.54, 1.807) is 7.11 Å². The lowest BCUT2D eigenvalue weighted by molar-refractivity contribution is 0.0283. The van der Waals surface area contributed by atoms with Crippen LogP contribution in [0.15, 0.2) is 29.3 Å². The summed E-state index contributed by atoms with van der Waals surface area (Å²) in [6.07, 6.45) is 2.07. The third-order valence-corrected chi connectivity index (χ3v) is 4.41. The summed E-state index contributed by atoms with van der Waals surface area (Å²) in [5.41, 5.74) is 0.898. The highest BCUT2D eigenvalue weighted by Gasteiger charge is 2.29. The summed E-state index contributed by atoms with van der Waals surface area (Å²) >= 11 is 6.07. The van der Waals surface area contributed by atoms with E-state index in [4.69, 9.17) is 21.1 Å². The second-order valence-electron chi connectivity index (χ2n) is 6.26. The van der Waals surface area contributed by atoms with Crippen LogP contribution in [0.2, 0.25) is 5.02 Å². The molecule has 1 aromatic rings. The molecule has 1 fully saturated rings. The molecule has 5 nitrogen and oxygen atoms in total. The minimum absolute atomic E-state index is 0.0918. The number of ether oxygens (including phenoxy) is 2. The van der Waals surface area contributed by atoms with Gasteiger partial charge in [0.1, 0.15) is 0 Å². The van der Waals surface area contributed by atoms with Crippen molar-refractivity contribution in [3.8, 4) is 0 Å². The molecule has 0 aromatic heterocycles. The molecule has 0 bridgehead atoms. The quantitative estimate of drug-likeness (QED) is 0.584. The van der Waals surface area contributed by atoms with Gasteiger partial charge in [-0.15, -0.1) is 0 Å². The van der Waals surface area contributed by atoms with Crippen LogP contribution in [-0.2, 0) is 9.47 Å². The van der Waals surface area contributed by atoms with Crippen LogP contribution in [0, 0.1) is 0 Å². The molecular formula is C18H28ClN3O2. The van der Waals surface area contributed by atoms with E-state index in [9.17, 15) is 0 Å². The van der Waals surface area contributed by atoms with Crippen LogP contribution < -0.4 is 10.6 Å². The van der Waals surface area contributed by atoms with Crippen molar-refractivity contribution in [3.63, 3.8) is 0 Å². The Morgan fingerprint density at radius 3 is 2.92 bits per heavy atom. The Balaban J connectivity index is 1.96. The van der Waals surface area contributed by atoms with Gasteiger partial charge in [0.2, 0.25) is 0 Å². The Kier molecular flexibility index (Phi) is 7.34. The summed E-state index contributed by atoms with van der Waals surface area (Å²) in [7, 11) is 1.70. The molecule has 2 unspecified atom stereocenters. The third kappa shape index (κ3) is 5.65. The summed E-state index contributed by atoms with van der Waals surface area (Å²) in [6.45, 7) is 7.07. The van der Waals surface area contributed by atoms with Gasteiger partial charge in [-0.1, -0.05) is 23.7 Å². The molecular weight excluding hydrogens is 326 g/mol. The molecule has 1 heterocycles. The van der Waals surface area contributed by atoms with Gasteiger partial charge in [-0.25, -0.2) is 0 Å². The number of rotatable bonds is 7. The lowest BCUT2D eigenvalue weighted by Crippen LogP contribution is -2.41. The van der Waals surface area contributed by atoms with Crippen molar-refractivity contribution in [1.82, 2.24) is 10.6 Å². The maximum absolute atomic E-state index is 6.07. The highest BCUT2D eigenvalue weighted by atomic mass is 35.5. The monoisotopic (exact) mass is 353 g/mol. The van der Waals surface area contributed by atoms with Crippen LogP contribution in [0.5, 0.6) is 0 Å². The van der Waals surface area contributed by atoms with Crippen molar-refractivity contribution in [3.05, 3.63) is 34.9 Å². The van der Waals surface area contributed by atoms with Crippen molar-refractivity contribution in [1.29, 1.82) is 0 Å². The number of benzene rings is 1. The number of hydrogen-bond acceptors (Lipinski definition) is 3. The van der Waals surface area contributed by atoms with Crippen molar-refractivity contribution in [2.24, 2.45) is 4.99 Å². The molecule has 0 amide bonds. The Bertz CT molecular complexity index is 545. The normalized spacial score (nSPS) is 22.4. The lowest BCUT2D eigenvalue weighted by Gasteiger charge is -2.22. The summed E-state index contributed by atoms with van der Waals surface area (Å²) in [4.78, 5) is 4.67. The predicted molar refractivity (Wildman–Crippen MR) is 98.8 cm³/mol. The minimum Gasteiger partial charge on any atom is -0.375 e. The Hall–Kier alpha value is -1.30. The number of nitrogens with one attached hydrogen (secondary N) is 2. The maximum atomic E-state index is 6.07. The van der Waals surface area contributed by atoms with E-state index < -0.39 is 0 Å². The Labute approximate surface area is 149 Å². The smallest absolute Gasteiger partial charge is 0.191 e. The molecule has 0 spiro atoms. The van der Waals surface area contributed by atoms with Crippen LogP contribution in [0.1, 0.15) is 38.4 Å². The standard InChI is InChI=1S/C18H28ClN3O2/c1-4-20-17(22-13-18(2)9-6-10-24-18)21-12-16(23-3)14-7-5-8-15(19)11-14/h5,7-8,11,16H,4,6,9-10,12-13H2,1-3H3,(H2,20,21,22). The van der Waals surface area contributed by atoms with Crippen molar-refractivity contribution >= 4 is 17.6 Å². The van der Waals surface area contributed by atoms with Crippen molar-refractivity contribution in [2.75, 3.05) is 33.4 Å². The second-order valence-corrected chi connectivity index (χ2v) is 6.69. The van der Waals surface area contributed by atoms with E-state index in [0.717, 1.165) is 37.5 Å². The van der Waals surface area contributed by atoms with Gasteiger partial charge in [-0.3, -0.25) is 4.99 Å². The molecule has 0 radical (unpaired) electrons. The second kappa shape index (κ2) is 9.25. The SMILES string of the molecule is CCNC(=NCC1(C)CCCO1)NCC(OC)c1cccc(Cl)c1. The Morgan fingerprint density at radius 2 is 2.29 bits per heavy atom. The summed E-state index contributed by atoms with van der Waals surface area (Å²) in [5.74, 6) is 0.776. The molecule has 1 aliphatic rings. The number of nitrogens with zero attached hydrogens (tertiary/aromatic N) is 1. The fourth-order valence-electron chi connectivity index (χ4n) is 2.78. The van der Waals surface area contributed by atoms with Crippen molar-refractivity contribution in [2.45, 2.75) is 38.4 Å². The van der Waals surface area contributed by atoms with Gasteiger partial charge in [0.05, 0.1) is 18.2 Å². The first kappa shape index (κ1) is 19.0. The lowest BCUT2D eigenvalue weighted by atomic mass is 10.0. The van der Waals surface area contributed by atoms with E-state index >= 15 is 0 Å². The van der Waals surface area contributed by atoms with Gasteiger partial charge < -0.3 is 20.1 Å². The number of methoxy groups -OCH3 is 1. The first-order chi connectivity index (χ1) is 11.6. The van der Waals surface area contributed by atoms with Crippen molar-refractivity contribution < 1.29 is 9.47 Å². The van der Waals surface area contributed by atoms with E-state index in [0.29, 0.717) is 18.1 Å². The van der Waals surface area contributed by atoms with Crippen LogP contribution in [0.25, 0.3) is 0 Å². The zero-order valence-corrected chi connectivity index (χ0v) is 15.5. The van der Waals surface area contributed by atoms with Crippen LogP contribution in [0.4, 0.5) is 0 Å².